The standard InChI is InChI=1S/C17H25NO/c1-2-5-17(14-6-3-7-14)15-8-10-16(11-9-15)19-13-4-12-18/h8-11H,2-7,12-13,18H2,1H3. The van der Waals surface area contributed by atoms with Crippen LogP contribution in [0.4, 0.5) is 0 Å². The van der Waals surface area contributed by atoms with E-state index < -0.39 is 0 Å². The van der Waals surface area contributed by atoms with Gasteiger partial charge >= 0.3 is 0 Å². The molecule has 0 amide bonds. The maximum Gasteiger partial charge on any atom is 0.119 e. The molecule has 0 heterocycles. The third-order valence-corrected chi connectivity index (χ3v) is 3.70. The van der Waals surface area contributed by atoms with Gasteiger partial charge in [-0.15, -0.1) is 0 Å². The molecule has 2 nitrogen and oxygen atoms in total. The van der Waals surface area contributed by atoms with Crippen LogP contribution in [0.2, 0.25) is 0 Å². The first kappa shape index (κ1) is 14.1. The lowest BCUT2D eigenvalue weighted by Crippen LogP contribution is -2.06. The Morgan fingerprint density at radius 2 is 1.95 bits per heavy atom. The summed E-state index contributed by atoms with van der Waals surface area (Å²) in [6, 6.07) is 8.57. The van der Waals surface area contributed by atoms with Crippen molar-refractivity contribution >= 4 is 5.57 Å². The molecule has 0 radical (unpaired) electrons. The molecule has 1 aromatic carbocycles. The van der Waals surface area contributed by atoms with E-state index >= 15 is 0 Å². The molecule has 0 aromatic heterocycles. The minimum Gasteiger partial charge on any atom is -0.494 e. The summed E-state index contributed by atoms with van der Waals surface area (Å²) in [5, 5.41) is 0. The van der Waals surface area contributed by atoms with Crippen molar-refractivity contribution in [2.75, 3.05) is 13.2 Å². The summed E-state index contributed by atoms with van der Waals surface area (Å²) in [5.74, 6) is 0.951. The van der Waals surface area contributed by atoms with Gasteiger partial charge in [0.2, 0.25) is 0 Å². The highest BCUT2D eigenvalue weighted by Crippen LogP contribution is 2.36. The van der Waals surface area contributed by atoms with Gasteiger partial charge in [-0.3, -0.25) is 0 Å². The average molecular weight is 259 g/mol. The Kier molecular flexibility index (Phi) is 5.46. The molecule has 0 spiro atoms. The highest BCUT2D eigenvalue weighted by Gasteiger charge is 2.15. The van der Waals surface area contributed by atoms with Gasteiger partial charge in [-0.05, 0) is 61.9 Å². The molecule has 1 aliphatic rings. The summed E-state index contributed by atoms with van der Waals surface area (Å²) < 4.78 is 5.65. The van der Waals surface area contributed by atoms with Gasteiger partial charge in [0.1, 0.15) is 5.75 Å². The summed E-state index contributed by atoms with van der Waals surface area (Å²) in [4.78, 5) is 0. The van der Waals surface area contributed by atoms with Crippen molar-refractivity contribution < 1.29 is 4.74 Å². The van der Waals surface area contributed by atoms with Gasteiger partial charge < -0.3 is 10.5 Å². The van der Waals surface area contributed by atoms with E-state index in [0.717, 1.165) is 12.2 Å². The zero-order valence-electron chi connectivity index (χ0n) is 12.0. The highest BCUT2D eigenvalue weighted by atomic mass is 16.5. The largest absolute Gasteiger partial charge is 0.494 e. The third kappa shape index (κ3) is 3.84. The second-order valence-corrected chi connectivity index (χ2v) is 5.20. The molecule has 2 heteroatoms. The van der Waals surface area contributed by atoms with Gasteiger partial charge in [-0.25, -0.2) is 0 Å². The normalized spacial score (nSPS) is 14.1. The number of rotatable bonds is 7. The maximum absolute atomic E-state index is 5.65. The van der Waals surface area contributed by atoms with Crippen LogP contribution in [-0.2, 0) is 0 Å². The van der Waals surface area contributed by atoms with Crippen LogP contribution in [0.25, 0.3) is 5.57 Å². The first-order chi connectivity index (χ1) is 9.35. The smallest absolute Gasteiger partial charge is 0.119 e. The molecule has 2 N–H and O–H groups in total. The molecule has 0 saturated heterocycles. The Morgan fingerprint density at radius 3 is 2.47 bits per heavy atom. The van der Waals surface area contributed by atoms with Crippen molar-refractivity contribution in [3.8, 4) is 5.75 Å². The van der Waals surface area contributed by atoms with Crippen LogP contribution < -0.4 is 10.5 Å². The monoisotopic (exact) mass is 259 g/mol. The van der Waals surface area contributed by atoms with Crippen LogP contribution >= 0.6 is 0 Å². The quantitative estimate of drug-likeness (QED) is 0.746. The molecular formula is C17H25NO. The molecule has 1 aromatic rings. The van der Waals surface area contributed by atoms with Crippen molar-refractivity contribution in [1.29, 1.82) is 0 Å². The van der Waals surface area contributed by atoms with E-state index in [1.165, 1.54) is 37.7 Å². The summed E-state index contributed by atoms with van der Waals surface area (Å²) in [7, 11) is 0. The predicted molar refractivity (Wildman–Crippen MR) is 81.3 cm³/mol. The van der Waals surface area contributed by atoms with Gasteiger partial charge in [0, 0.05) is 0 Å². The van der Waals surface area contributed by atoms with Gasteiger partial charge in [0.15, 0.2) is 0 Å². The SMILES string of the molecule is CCCC(=C1CCC1)c1ccc(OCCCN)cc1. The molecule has 2 rings (SSSR count). The zero-order valence-corrected chi connectivity index (χ0v) is 12.0. The molecule has 0 atom stereocenters. The average Bonchev–Trinajstić information content (AvgIpc) is 2.37. The van der Waals surface area contributed by atoms with Crippen LogP contribution in [0, 0.1) is 0 Å². The third-order valence-electron chi connectivity index (χ3n) is 3.70. The number of nitrogens with two attached hydrogens (primary N) is 1. The fraction of sp³-hybridized carbons (Fsp3) is 0.529. The van der Waals surface area contributed by atoms with Gasteiger partial charge in [-0.2, -0.15) is 0 Å². The van der Waals surface area contributed by atoms with E-state index in [4.69, 9.17) is 10.5 Å². The Bertz CT molecular complexity index is 413. The van der Waals surface area contributed by atoms with Gasteiger partial charge in [-0.1, -0.05) is 31.1 Å². The first-order valence-electron chi connectivity index (χ1n) is 7.49. The number of allylic oxidation sites excluding steroid dienone is 2. The van der Waals surface area contributed by atoms with Crippen molar-refractivity contribution in [2.24, 2.45) is 5.73 Å². The fourth-order valence-electron chi connectivity index (χ4n) is 2.46. The van der Waals surface area contributed by atoms with E-state index in [1.807, 2.05) is 0 Å². The minimum absolute atomic E-state index is 0.685. The lowest BCUT2D eigenvalue weighted by molar-refractivity contribution is 0.313. The highest BCUT2D eigenvalue weighted by molar-refractivity contribution is 5.70. The summed E-state index contributed by atoms with van der Waals surface area (Å²) in [6.45, 7) is 3.65. The molecular weight excluding hydrogens is 234 g/mol. The van der Waals surface area contributed by atoms with Crippen molar-refractivity contribution in [2.45, 2.75) is 45.4 Å². The van der Waals surface area contributed by atoms with Crippen LogP contribution in [0.5, 0.6) is 5.75 Å². The van der Waals surface area contributed by atoms with Crippen molar-refractivity contribution in [1.82, 2.24) is 0 Å². The first-order valence-corrected chi connectivity index (χ1v) is 7.49. The summed E-state index contributed by atoms with van der Waals surface area (Å²) >= 11 is 0. The van der Waals surface area contributed by atoms with Gasteiger partial charge in [0.05, 0.1) is 6.61 Å². The molecule has 1 saturated carbocycles. The van der Waals surface area contributed by atoms with E-state index in [-0.39, 0.29) is 0 Å². The van der Waals surface area contributed by atoms with Crippen LogP contribution in [-0.4, -0.2) is 13.2 Å². The predicted octanol–water partition coefficient (Wildman–Crippen LogP) is 4.15. The summed E-state index contributed by atoms with van der Waals surface area (Å²) in [6.07, 6.45) is 7.28. The zero-order chi connectivity index (χ0) is 13.5. The number of hydrogen-bond donors (Lipinski definition) is 1. The molecule has 0 bridgehead atoms. The van der Waals surface area contributed by atoms with Crippen LogP contribution in [0.3, 0.4) is 0 Å². The number of ether oxygens (including phenoxy) is 1. The van der Waals surface area contributed by atoms with Crippen LogP contribution in [0.15, 0.2) is 29.8 Å². The lowest BCUT2D eigenvalue weighted by Gasteiger charge is -2.22. The fourth-order valence-corrected chi connectivity index (χ4v) is 2.46. The number of benzene rings is 1. The van der Waals surface area contributed by atoms with Crippen molar-refractivity contribution in [3.05, 3.63) is 35.4 Å². The Hall–Kier alpha value is -1.28. The Balaban J connectivity index is 2.03. The topological polar surface area (TPSA) is 35.2 Å². The van der Waals surface area contributed by atoms with Crippen molar-refractivity contribution in [3.63, 3.8) is 0 Å². The second-order valence-electron chi connectivity index (χ2n) is 5.20. The molecule has 1 aliphatic carbocycles. The van der Waals surface area contributed by atoms with Gasteiger partial charge in [0.25, 0.3) is 0 Å². The second kappa shape index (κ2) is 7.34. The molecule has 19 heavy (non-hydrogen) atoms. The summed E-state index contributed by atoms with van der Waals surface area (Å²) in [5.41, 5.74) is 10.1. The molecule has 1 fully saturated rings. The minimum atomic E-state index is 0.685. The van der Waals surface area contributed by atoms with E-state index in [1.54, 1.807) is 11.1 Å². The van der Waals surface area contributed by atoms with Crippen LogP contribution in [0.1, 0.15) is 51.0 Å². The number of hydrogen-bond acceptors (Lipinski definition) is 2. The van der Waals surface area contributed by atoms with E-state index in [9.17, 15) is 0 Å². The Morgan fingerprint density at radius 1 is 1.21 bits per heavy atom. The molecule has 0 aliphatic heterocycles. The molecule has 0 unspecified atom stereocenters. The van der Waals surface area contributed by atoms with E-state index in [2.05, 4.69) is 31.2 Å². The molecule has 104 valence electrons. The van der Waals surface area contributed by atoms with E-state index in [0.29, 0.717) is 13.2 Å². The lowest BCUT2D eigenvalue weighted by atomic mass is 9.83. The Labute approximate surface area is 116 Å². The maximum atomic E-state index is 5.65.